The Kier molecular flexibility index (Phi) is 7.51. The number of nitriles is 1. The lowest BCUT2D eigenvalue weighted by Crippen LogP contribution is -2.59. The second-order valence-corrected chi connectivity index (χ2v) is 10.8. The van der Waals surface area contributed by atoms with Gasteiger partial charge in [0, 0.05) is 4.92 Å². The lowest BCUT2D eigenvalue weighted by atomic mass is 9.72. The van der Waals surface area contributed by atoms with E-state index in [4.69, 9.17) is 18.9 Å². The topological polar surface area (TPSA) is 107 Å². The highest BCUT2D eigenvalue weighted by Gasteiger charge is 2.53. The smallest absolute Gasteiger partial charge is 0.231 e. The third kappa shape index (κ3) is 5.13. The van der Waals surface area contributed by atoms with Crippen LogP contribution in [0, 0.1) is 28.4 Å². The quantitative estimate of drug-likeness (QED) is 0.277. The molecule has 40 heavy (non-hydrogen) atoms. The van der Waals surface area contributed by atoms with Crippen molar-refractivity contribution in [2.24, 2.45) is 0 Å². The monoisotopic (exact) mass is 543 g/mol. The molecule has 1 fully saturated rings. The molecule has 0 unspecified atom stereocenters. The van der Waals surface area contributed by atoms with Crippen LogP contribution in [0.3, 0.4) is 0 Å². The number of hydrogen-bond donors (Lipinski definition) is 0. The molecular weight excluding hydrogens is 510 g/mol. The molecule has 2 aliphatic heterocycles. The highest BCUT2D eigenvalue weighted by molar-refractivity contribution is 5.50. The van der Waals surface area contributed by atoms with E-state index in [1.54, 1.807) is 18.2 Å². The first-order valence-electron chi connectivity index (χ1n) is 13.2. The summed E-state index contributed by atoms with van der Waals surface area (Å²) in [6, 6.07) is 24.7. The SMILES string of the molecule is Cc1ccc([C@@H](C[N+](=O)[O-])[C@@](C#N)(c2ccc3c(c2)OCO3)N(C)[C@H]2COC(C)(C)O[C@H]2c2ccccc2)cc1. The van der Waals surface area contributed by atoms with E-state index in [-0.39, 0.29) is 18.3 Å². The Morgan fingerprint density at radius 2 is 1.80 bits per heavy atom. The second-order valence-electron chi connectivity index (χ2n) is 10.8. The molecule has 0 aliphatic carbocycles. The molecule has 0 bridgehead atoms. The summed E-state index contributed by atoms with van der Waals surface area (Å²) in [5.41, 5.74) is 1.68. The van der Waals surface area contributed by atoms with Gasteiger partial charge in [0.2, 0.25) is 13.3 Å². The van der Waals surface area contributed by atoms with E-state index in [9.17, 15) is 15.4 Å². The molecule has 5 rings (SSSR count). The van der Waals surface area contributed by atoms with Gasteiger partial charge in [-0.3, -0.25) is 15.0 Å². The van der Waals surface area contributed by atoms with Crippen molar-refractivity contribution < 1.29 is 23.9 Å². The number of aryl methyl sites for hydroxylation is 1. The highest BCUT2D eigenvalue weighted by atomic mass is 16.7. The fourth-order valence-electron chi connectivity index (χ4n) is 5.73. The molecule has 3 aromatic carbocycles. The summed E-state index contributed by atoms with van der Waals surface area (Å²) in [6.07, 6.45) is -0.467. The van der Waals surface area contributed by atoms with E-state index >= 15 is 0 Å². The Labute approximate surface area is 234 Å². The van der Waals surface area contributed by atoms with E-state index in [2.05, 4.69) is 6.07 Å². The van der Waals surface area contributed by atoms with Gasteiger partial charge in [-0.15, -0.1) is 0 Å². The van der Waals surface area contributed by atoms with E-state index in [1.165, 1.54) is 0 Å². The first-order chi connectivity index (χ1) is 19.1. The lowest BCUT2D eigenvalue weighted by molar-refractivity contribution is -0.486. The van der Waals surface area contributed by atoms with Gasteiger partial charge in [0.1, 0.15) is 11.6 Å². The summed E-state index contributed by atoms with van der Waals surface area (Å²) >= 11 is 0. The summed E-state index contributed by atoms with van der Waals surface area (Å²) in [5.74, 6) is -0.646. The third-order valence-electron chi connectivity index (χ3n) is 7.84. The summed E-state index contributed by atoms with van der Waals surface area (Å²) in [4.78, 5) is 13.7. The number of likely N-dealkylation sites (N-methyl/N-ethyl adjacent to an activating group) is 1. The minimum absolute atomic E-state index is 0.0694. The highest BCUT2D eigenvalue weighted by Crippen LogP contribution is 2.48. The maximum absolute atomic E-state index is 12.2. The molecule has 0 radical (unpaired) electrons. The average molecular weight is 544 g/mol. The molecule has 9 nitrogen and oxygen atoms in total. The molecule has 208 valence electrons. The molecule has 9 heteroatoms. The summed E-state index contributed by atoms with van der Waals surface area (Å²) < 4.78 is 23.8. The Hall–Kier alpha value is -3.97. The number of ether oxygens (including phenoxy) is 4. The van der Waals surface area contributed by atoms with Gasteiger partial charge in [-0.2, -0.15) is 5.26 Å². The van der Waals surface area contributed by atoms with Crippen molar-refractivity contribution in [3.8, 4) is 17.6 Å². The van der Waals surface area contributed by atoms with Crippen molar-refractivity contribution in [1.29, 1.82) is 5.26 Å². The number of hydrogen-bond acceptors (Lipinski definition) is 8. The van der Waals surface area contributed by atoms with Crippen molar-refractivity contribution in [3.63, 3.8) is 0 Å². The van der Waals surface area contributed by atoms with E-state index in [0.29, 0.717) is 22.6 Å². The normalized spacial score (nSPS) is 21.8. The summed E-state index contributed by atoms with van der Waals surface area (Å²) in [5, 5.41) is 23.4. The van der Waals surface area contributed by atoms with Crippen LogP contribution < -0.4 is 9.47 Å². The second kappa shape index (κ2) is 10.9. The molecule has 3 aromatic rings. The molecule has 2 aliphatic rings. The Balaban J connectivity index is 1.71. The predicted molar refractivity (Wildman–Crippen MR) is 147 cm³/mol. The maximum atomic E-state index is 12.2. The molecule has 1 saturated heterocycles. The third-order valence-corrected chi connectivity index (χ3v) is 7.84. The van der Waals surface area contributed by atoms with E-state index < -0.39 is 35.9 Å². The number of fused-ring (bicyclic) bond motifs is 1. The minimum Gasteiger partial charge on any atom is -0.454 e. The number of benzene rings is 3. The largest absolute Gasteiger partial charge is 0.454 e. The lowest BCUT2D eigenvalue weighted by Gasteiger charge is -2.50. The Bertz CT molecular complexity index is 1400. The van der Waals surface area contributed by atoms with Crippen molar-refractivity contribution in [1.82, 2.24) is 4.90 Å². The molecular formula is C31H33N3O6. The maximum Gasteiger partial charge on any atom is 0.231 e. The van der Waals surface area contributed by atoms with Gasteiger partial charge in [0.05, 0.1) is 24.6 Å². The Morgan fingerprint density at radius 3 is 2.48 bits per heavy atom. The van der Waals surface area contributed by atoms with Gasteiger partial charge in [-0.25, -0.2) is 0 Å². The predicted octanol–water partition coefficient (Wildman–Crippen LogP) is 5.33. The average Bonchev–Trinajstić information content (AvgIpc) is 3.42. The van der Waals surface area contributed by atoms with Crippen LogP contribution in [0.25, 0.3) is 0 Å². The molecule has 0 N–H and O–H groups in total. The molecule has 0 saturated carbocycles. The van der Waals surface area contributed by atoms with Crippen molar-refractivity contribution in [3.05, 3.63) is 105 Å². The van der Waals surface area contributed by atoms with Crippen LogP contribution in [-0.2, 0) is 15.0 Å². The first-order valence-corrected chi connectivity index (χ1v) is 13.2. The van der Waals surface area contributed by atoms with Gasteiger partial charge in [-0.1, -0.05) is 66.2 Å². The van der Waals surface area contributed by atoms with Crippen LogP contribution in [0.2, 0.25) is 0 Å². The van der Waals surface area contributed by atoms with Crippen LogP contribution in [0.5, 0.6) is 11.5 Å². The van der Waals surface area contributed by atoms with Gasteiger partial charge in [0.15, 0.2) is 17.3 Å². The van der Waals surface area contributed by atoms with Crippen LogP contribution in [-0.4, -0.2) is 48.6 Å². The Morgan fingerprint density at radius 1 is 1.10 bits per heavy atom. The molecule has 2 heterocycles. The van der Waals surface area contributed by atoms with Crippen molar-refractivity contribution in [2.45, 2.75) is 50.2 Å². The number of nitrogens with zero attached hydrogens (tertiary/aromatic N) is 3. The van der Waals surface area contributed by atoms with Gasteiger partial charge in [-0.05, 0) is 56.6 Å². The zero-order valence-corrected chi connectivity index (χ0v) is 23.1. The fourth-order valence-corrected chi connectivity index (χ4v) is 5.73. The minimum atomic E-state index is -1.50. The number of rotatable bonds is 8. The number of nitro groups is 1. The van der Waals surface area contributed by atoms with Crippen LogP contribution in [0.1, 0.15) is 48.1 Å². The van der Waals surface area contributed by atoms with Gasteiger partial charge < -0.3 is 18.9 Å². The summed E-state index contributed by atoms with van der Waals surface area (Å²) in [7, 11) is 1.82. The fraction of sp³-hybridized carbons (Fsp3) is 0.387. The zero-order chi connectivity index (χ0) is 28.5. The summed E-state index contributed by atoms with van der Waals surface area (Å²) in [6.45, 7) is 5.52. The molecule has 0 spiro atoms. The molecule has 0 amide bonds. The molecule has 0 aromatic heterocycles. The van der Waals surface area contributed by atoms with Gasteiger partial charge >= 0.3 is 0 Å². The van der Waals surface area contributed by atoms with Crippen LogP contribution in [0.4, 0.5) is 0 Å². The van der Waals surface area contributed by atoms with Crippen molar-refractivity contribution >= 4 is 0 Å². The van der Waals surface area contributed by atoms with Gasteiger partial charge in [0.25, 0.3) is 0 Å². The molecule has 4 atom stereocenters. The first kappa shape index (κ1) is 27.6. The van der Waals surface area contributed by atoms with Crippen LogP contribution >= 0.6 is 0 Å². The standard InChI is InChI=1S/C31H33N3O6/c1-21-10-12-22(13-11-21)25(17-34(35)36)31(19-32,24-14-15-27-28(16-24)38-20-37-27)33(4)26-18-39-30(2,3)40-29(26)23-8-6-5-7-9-23/h5-16,25-26,29H,17-18,20H2,1-4H3/t25-,26+,29+,31-/m1/s1. The van der Waals surface area contributed by atoms with Crippen LogP contribution in [0.15, 0.2) is 72.8 Å². The zero-order valence-electron chi connectivity index (χ0n) is 23.1. The van der Waals surface area contributed by atoms with E-state index in [1.807, 2.05) is 87.3 Å². The van der Waals surface area contributed by atoms with E-state index in [0.717, 1.165) is 11.1 Å². The van der Waals surface area contributed by atoms with Crippen molar-refractivity contribution in [2.75, 3.05) is 27.0 Å².